The van der Waals surface area contributed by atoms with Gasteiger partial charge in [-0.2, -0.15) is 26.3 Å². The first-order chi connectivity index (χ1) is 22.9. The van der Waals surface area contributed by atoms with Crippen LogP contribution in [0.15, 0.2) is 96.2 Å². The molecule has 0 saturated carbocycles. The minimum atomic E-state index is -6.23. The molecule has 17 heteroatoms. The monoisotopic (exact) mass is 717 g/mol. The van der Waals surface area contributed by atoms with E-state index in [-0.39, 0.29) is 18.5 Å². The summed E-state index contributed by atoms with van der Waals surface area (Å²) in [6.07, 6.45) is -10.1. The molecule has 0 radical (unpaired) electrons. The molecule has 1 atom stereocenters. The number of alkyl halides is 6. The van der Waals surface area contributed by atoms with Gasteiger partial charge >= 0.3 is 18.4 Å². The van der Waals surface area contributed by atoms with Crippen LogP contribution in [-0.2, 0) is 31.5 Å². The summed E-state index contributed by atoms with van der Waals surface area (Å²) in [4.78, 5) is 17.6. The van der Waals surface area contributed by atoms with Crippen LogP contribution in [0.5, 0.6) is 0 Å². The van der Waals surface area contributed by atoms with Crippen molar-refractivity contribution in [2.75, 3.05) is 18.4 Å². The number of carbonyl (C=O) groups excluding carboxylic acids is 1. The second-order valence-electron chi connectivity index (χ2n) is 11.0. The fourth-order valence-electron chi connectivity index (χ4n) is 5.64. The number of aromatic nitrogens is 1. The van der Waals surface area contributed by atoms with E-state index in [1.165, 1.54) is 24.5 Å². The fourth-order valence-corrected chi connectivity index (χ4v) is 7.71. The molecule has 1 aliphatic heterocycles. The average molecular weight is 718 g/mol. The van der Waals surface area contributed by atoms with Gasteiger partial charge in [0, 0.05) is 42.3 Å². The summed E-state index contributed by atoms with van der Waals surface area (Å²) in [6.45, 7) is -2.59. The summed E-state index contributed by atoms with van der Waals surface area (Å²) < 4.78 is 160. The summed E-state index contributed by atoms with van der Waals surface area (Å²) in [5, 5.41) is 2.55. The Hall–Kier alpha value is -4.64. The number of amides is 2. The van der Waals surface area contributed by atoms with Crippen molar-refractivity contribution in [3.05, 3.63) is 125 Å². The van der Waals surface area contributed by atoms with Crippen LogP contribution in [0.25, 0.3) is 0 Å². The highest BCUT2D eigenvalue weighted by Gasteiger charge is 2.73. The largest absolute Gasteiger partial charge is 0.430 e. The Labute approximate surface area is 273 Å². The highest BCUT2D eigenvalue weighted by atomic mass is 32.2. The minimum absolute atomic E-state index is 0.217. The van der Waals surface area contributed by atoms with Gasteiger partial charge in [0.05, 0.1) is 11.5 Å². The van der Waals surface area contributed by atoms with E-state index in [0.29, 0.717) is 30.0 Å². The lowest BCUT2D eigenvalue weighted by molar-refractivity contribution is -0.392. The van der Waals surface area contributed by atoms with Crippen molar-refractivity contribution in [2.24, 2.45) is 0 Å². The first-order valence-corrected chi connectivity index (χ1v) is 15.7. The number of ether oxygens (including phenoxy) is 1. The Morgan fingerprint density at radius 3 is 1.96 bits per heavy atom. The number of nitrogens with zero attached hydrogens (tertiary/aromatic N) is 2. The number of carbonyl (C=O) groups is 1. The van der Waals surface area contributed by atoms with Crippen LogP contribution in [-0.4, -0.2) is 49.8 Å². The van der Waals surface area contributed by atoms with Gasteiger partial charge in [-0.05, 0) is 60.5 Å². The quantitative estimate of drug-likeness (QED) is 0.150. The number of pyridine rings is 1. The predicted octanol–water partition coefficient (Wildman–Crippen LogP) is 7.64. The topological polar surface area (TPSA) is 88.6 Å². The van der Waals surface area contributed by atoms with Gasteiger partial charge in [-0.25, -0.2) is 26.4 Å². The van der Waals surface area contributed by atoms with Crippen molar-refractivity contribution >= 4 is 21.6 Å². The maximum atomic E-state index is 14.5. The summed E-state index contributed by atoms with van der Waals surface area (Å²) in [5.41, 5.74) is -7.85. The average Bonchev–Trinajstić information content (AvgIpc) is 3.50. The van der Waals surface area contributed by atoms with E-state index in [4.69, 9.17) is 0 Å². The van der Waals surface area contributed by atoms with E-state index in [2.05, 4.69) is 15.0 Å². The van der Waals surface area contributed by atoms with Gasteiger partial charge in [0.1, 0.15) is 22.2 Å². The second kappa shape index (κ2) is 13.0. The van der Waals surface area contributed by atoms with Crippen LogP contribution in [0.2, 0.25) is 0 Å². The van der Waals surface area contributed by atoms with Crippen molar-refractivity contribution in [2.45, 2.75) is 40.6 Å². The molecule has 3 aromatic carbocycles. The van der Waals surface area contributed by atoms with E-state index in [1.54, 1.807) is 0 Å². The van der Waals surface area contributed by atoms with Crippen LogP contribution >= 0.6 is 0 Å². The van der Waals surface area contributed by atoms with E-state index in [1.807, 2.05) is 0 Å². The lowest BCUT2D eigenvalue weighted by Gasteiger charge is -2.38. The lowest BCUT2D eigenvalue weighted by Crippen LogP contribution is -2.56. The molecule has 7 nitrogen and oxygen atoms in total. The zero-order valence-corrected chi connectivity index (χ0v) is 25.6. The van der Waals surface area contributed by atoms with Crippen LogP contribution in [0.4, 0.5) is 50.0 Å². The minimum Gasteiger partial charge on any atom is -0.349 e. The molecule has 1 fully saturated rings. The number of urea groups is 1. The maximum Gasteiger partial charge on any atom is 0.430 e. The fraction of sp³-hybridized carbons (Fsp3) is 0.250. The van der Waals surface area contributed by atoms with Gasteiger partial charge in [0.2, 0.25) is 0 Å². The molecule has 49 heavy (non-hydrogen) atoms. The molecule has 1 aromatic heterocycles. The number of likely N-dealkylation sites (tertiary alicyclic amines) is 1. The molecule has 2 amide bonds. The van der Waals surface area contributed by atoms with E-state index in [0.717, 1.165) is 47.4 Å². The first-order valence-electron chi connectivity index (χ1n) is 14.2. The number of nitrogens with one attached hydrogen (secondary N) is 1. The molecular weight excluding hydrogens is 693 g/mol. The van der Waals surface area contributed by atoms with Crippen LogP contribution in [0.3, 0.4) is 0 Å². The summed E-state index contributed by atoms with van der Waals surface area (Å²) >= 11 is 0. The molecule has 1 aliphatic rings. The molecule has 0 spiro atoms. The highest BCUT2D eigenvalue weighted by molar-refractivity contribution is 7.92. The normalized spacial score (nSPS) is 17.3. The zero-order chi connectivity index (χ0) is 35.8. The van der Waals surface area contributed by atoms with Gasteiger partial charge in [0.15, 0.2) is 9.84 Å². The Morgan fingerprint density at radius 2 is 1.41 bits per heavy atom. The SMILES string of the molecule is O=C(Nc1ccncc1)N1CC[C@](c2ccc(C(OCc3c(F)cccc3F)(C(F)(F)F)C(F)(F)F)cc2)(S(=O)(=O)c2ccc(F)cc2)C1. The lowest BCUT2D eigenvalue weighted by atomic mass is 9.88. The van der Waals surface area contributed by atoms with Gasteiger partial charge in [0.25, 0.3) is 5.60 Å². The number of hydrogen-bond donors (Lipinski definition) is 1. The van der Waals surface area contributed by atoms with E-state index < -0.39 is 85.2 Å². The maximum absolute atomic E-state index is 14.5. The molecule has 0 bridgehead atoms. The third-order valence-corrected chi connectivity index (χ3v) is 10.7. The Morgan fingerprint density at radius 1 is 0.837 bits per heavy atom. The van der Waals surface area contributed by atoms with Gasteiger partial charge < -0.3 is 15.0 Å². The van der Waals surface area contributed by atoms with Gasteiger partial charge in [-0.15, -0.1) is 0 Å². The molecule has 260 valence electrons. The van der Waals surface area contributed by atoms with E-state index in [9.17, 15) is 52.7 Å². The van der Waals surface area contributed by atoms with Crippen molar-refractivity contribution in [1.82, 2.24) is 9.88 Å². The Bertz CT molecular complexity index is 1890. The molecule has 0 unspecified atom stereocenters. The van der Waals surface area contributed by atoms with Crippen molar-refractivity contribution in [3.8, 4) is 0 Å². The number of anilines is 1. The van der Waals surface area contributed by atoms with Crippen molar-refractivity contribution < 1.29 is 57.5 Å². The number of hydrogen-bond acceptors (Lipinski definition) is 5. The van der Waals surface area contributed by atoms with Crippen molar-refractivity contribution in [3.63, 3.8) is 0 Å². The predicted molar refractivity (Wildman–Crippen MR) is 156 cm³/mol. The van der Waals surface area contributed by atoms with Crippen LogP contribution < -0.4 is 5.32 Å². The summed E-state index contributed by atoms with van der Waals surface area (Å²) in [6, 6.07) is 9.99. The van der Waals surface area contributed by atoms with Crippen LogP contribution in [0.1, 0.15) is 23.1 Å². The van der Waals surface area contributed by atoms with Gasteiger partial charge in [-0.3, -0.25) is 4.98 Å². The number of sulfone groups is 1. The molecule has 2 heterocycles. The van der Waals surface area contributed by atoms with Crippen LogP contribution in [0, 0.1) is 17.5 Å². The first kappa shape index (κ1) is 35.7. The third kappa shape index (κ3) is 6.44. The Balaban J connectivity index is 1.59. The smallest absolute Gasteiger partial charge is 0.349 e. The molecular formula is C32H24F9N3O4S. The van der Waals surface area contributed by atoms with E-state index >= 15 is 0 Å². The number of rotatable bonds is 8. The second-order valence-corrected chi connectivity index (χ2v) is 13.3. The molecule has 5 rings (SSSR count). The molecule has 4 aromatic rings. The Kier molecular flexibility index (Phi) is 9.46. The third-order valence-electron chi connectivity index (χ3n) is 8.20. The number of benzene rings is 3. The van der Waals surface area contributed by atoms with Gasteiger partial charge in [-0.1, -0.05) is 30.3 Å². The number of halogens is 9. The highest BCUT2D eigenvalue weighted by Crippen LogP contribution is 2.54. The molecule has 1 N–H and O–H groups in total. The molecule has 0 aliphatic carbocycles. The summed E-state index contributed by atoms with van der Waals surface area (Å²) in [7, 11) is -4.63. The summed E-state index contributed by atoms with van der Waals surface area (Å²) in [5.74, 6) is -3.67. The van der Waals surface area contributed by atoms with Crippen molar-refractivity contribution in [1.29, 1.82) is 0 Å². The molecule has 1 saturated heterocycles. The standard InChI is InChI=1S/C32H24F9N3O4S/c33-22-8-10-24(11-9-22)49(46,47)29(14-17-44(19-29)28(45)43-23-12-15-42-16-13-23)20-4-6-21(7-5-20)30(31(36,37)38,32(39,40)41)48-18-25-26(34)2-1-3-27(25)35/h1-13,15-16H,14,17-19H2,(H,42,43,45)/t29-/m0/s1. The zero-order valence-electron chi connectivity index (χ0n) is 24.8.